The first-order valence-electron chi connectivity index (χ1n) is 9.47. The smallest absolute Gasteiger partial charge is 0.263 e. The third-order valence-corrected chi connectivity index (χ3v) is 5.88. The Balaban J connectivity index is 1.71. The van der Waals surface area contributed by atoms with E-state index in [0.29, 0.717) is 29.1 Å². The Morgan fingerprint density at radius 3 is 2.32 bits per heavy atom. The zero-order valence-electron chi connectivity index (χ0n) is 16.9. The molecule has 158 valence electrons. The number of carbonyl (C=O) groups is 1. The molecule has 0 fully saturated rings. The number of amides is 1. The van der Waals surface area contributed by atoms with Crippen molar-refractivity contribution in [1.82, 2.24) is 9.97 Å². The molecule has 4 rings (SSSR count). The number of benzene rings is 2. The molecular weight excluding hydrogens is 416 g/mol. The number of aromatic nitrogens is 2. The molecule has 0 aliphatic carbocycles. The van der Waals surface area contributed by atoms with Gasteiger partial charge >= 0.3 is 0 Å². The molecule has 2 aromatic carbocycles. The van der Waals surface area contributed by atoms with Crippen LogP contribution in [-0.2, 0) is 14.8 Å². The minimum absolute atomic E-state index is 0.0329. The highest BCUT2D eigenvalue weighted by Crippen LogP contribution is 2.28. The summed E-state index contributed by atoms with van der Waals surface area (Å²) in [5.74, 6) is 0.214. The van der Waals surface area contributed by atoms with E-state index >= 15 is 0 Å². The molecule has 2 N–H and O–H groups in total. The lowest BCUT2D eigenvalue weighted by atomic mass is 10.3. The van der Waals surface area contributed by atoms with Crippen LogP contribution in [0.1, 0.15) is 13.8 Å². The first-order chi connectivity index (χ1) is 14.8. The van der Waals surface area contributed by atoms with Gasteiger partial charge < -0.3 is 10.2 Å². The van der Waals surface area contributed by atoms with Crippen LogP contribution in [0.4, 0.5) is 17.3 Å². The van der Waals surface area contributed by atoms with Crippen LogP contribution in [0.3, 0.4) is 0 Å². The summed E-state index contributed by atoms with van der Waals surface area (Å²) in [6, 6.07) is 13.1. The van der Waals surface area contributed by atoms with Crippen molar-refractivity contribution in [2.75, 3.05) is 21.5 Å². The number of hydrogen-bond donors (Lipinski definition) is 2. The van der Waals surface area contributed by atoms with E-state index in [9.17, 15) is 13.2 Å². The van der Waals surface area contributed by atoms with Gasteiger partial charge in [-0.25, -0.2) is 23.4 Å². The maximum Gasteiger partial charge on any atom is 0.263 e. The average molecular weight is 436 g/mol. The van der Waals surface area contributed by atoms with E-state index in [1.807, 2.05) is 31.2 Å². The zero-order valence-corrected chi connectivity index (χ0v) is 17.7. The van der Waals surface area contributed by atoms with Gasteiger partial charge in [0, 0.05) is 24.9 Å². The quantitative estimate of drug-likeness (QED) is 0.635. The second kappa shape index (κ2) is 8.15. The van der Waals surface area contributed by atoms with Gasteiger partial charge in [-0.1, -0.05) is 12.1 Å². The lowest BCUT2D eigenvalue weighted by Gasteiger charge is -2.22. The highest BCUT2D eigenvalue weighted by atomic mass is 32.2. The number of allylic oxidation sites excluding steroid dienone is 1. The molecule has 0 saturated heterocycles. The van der Waals surface area contributed by atoms with Crippen LogP contribution in [0.25, 0.3) is 11.0 Å². The largest absolute Gasteiger partial charge is 0.326 e. The summed E-state index contributed by atoms with van der Waals surface area (Å²) in [5.41, 5.74) is 2.57. The molecule has 1 aliphatic rings. The molecule has 10 heteroatoms. The highest BCUT2D eigenvalue weighted by molar-refractivity contribution is 7.92. The van der Waals surface area contributed by atoms with Crippen LogP contribution < -0.4 is 14.9 Å². The van der Waals surface area contributed by atoms with Gasteiger partial charge in [0.25, 0.3) is 10.0 Å². The minimum atomic E-state index is -3.95. The van der Waals surface area contributed by atoms with Gasteiger partial charge in [0.05, 0.1) is 22.3 Å². The predicted molar refractivity (Wildman–Crippen MR) is 121 cm³/mol. The van der Waals surface area contributed by atoms with E-state index in [2.05, 4.69) is 25.0 Å². The number of nitrogens with one attached hydrogen (secondary N) is 2. The maximum atomic E-state index is 13.0. The minimum Gasteiger partial charge on any atom is -0.326 e. The fourth-order valence-electron chi connectivity index (χ4n) is 3.00. The fraction of sp³-hybridized carbons (Fsp3) is 0.143. The number of carbonyl (C=O) groups excluding carboxylic acids is 1. The Morgan fingerprint density at radius 2 is 1.71 bits per heavy atom. The molecule has 9 nitrogen and oxygen atoms in total. The first kappa shape index (κ1) is 20.5. The van der Waals surface area contributed by atoms with Gasteiger partial charge in [-0.15, -0.1) is 0 Å². The Labute approximate surface area is 179 Å². The number of fused-ring (bicyclic) bond motifs is 1. The number of para-hydroxylation sites is 2. The van der Waals surface area contributed by atoms with Gasteiger partial charge in [-0.05, 0) is 49.4 Å². The second-order valence-electron chi connectivity index (χ2n) is 6.94. The molecule has 3 aromatic rings. The van der Waals surface area contributed by atoms with Crippen molar-refractivity contribution in [1.29, 1.82) is 0 Å². The number of hydrogen-bond acceptors (Lipinski definition) is 7. The van der Waals surface area contributed by atoms with E-state index in [0.717, 1.165) is 5.70 Å². The van der Waals surface area contributed by atoms with E-state index < -0.39 is 10.0 Å². The molecule has 31 heavy (non-hydrogen) atoms. The third kappa shape index (κ3) is 4.53. The molecular formula is C21H20N6O3S. The lowest BCUT2D eigenvalue weighted by molar-refractivity contribution is -0.114. The summed E-state index contributed by atoms with van der Waals surface area (Å²) in [4.78, 5) is 26.3. The Kier molecular flexibility index (Phi) is 5.38. The van der Waals surface area contributed by atoms with E-state index in [-0.39, 0.29) is 16.6 Å². The number of anilines is 3. The molecule has 0 unspecified atom stereocenters. The SMILES string of the molecule is CC(=O)Nc1ccc(S(=O)(=O)Nc2nc3ccccc3nc2N2C=NC(C)=CC2)cc1. The number of sulfonamides is 1. The van der Waals surface area contributed by atoms with Crippen molar-refractivity contribution in [3.63, 3.8) is 0 Å². The van der Waals surface area contributed by atoms with Gasteiger partial charge in [-0.3, -0.25) is 9.52 Å². The van der Waals surface area contributed by atoms with Gasteiger partial charge in [0.2, 0.25) is 5.91 Å². The van der Waals surface area contributed by atoms with Crippen molar-refractivity contribution < 1.29 is 13.2 Å². The summed E-state index contributed by atoms with van der Waals surface area (Å²) in [6.07, 6.45) is 3.52. The zero-order chi connectivity index (χ0) is 22.0. The molecule has 0 bridgehead atoms. The summed E-state index contributed by atoms with van der Waals surface area (Å²) < 4.78 is 28.6. The topological polar surface area (TPSA) is 117 Å². The summed E-state index contributed by atoms with van der Waals surface area (Å²) in [7, 11) is -3.95. The normalized spacial score (nSPS) is 13.7. The van der Waals surface area contributed by atoms with Crippen LogP contribution in [-0.4, -0.2) is 37.2 Å². The summed E-state index contributed by atoms with van der Waals surface area (Å²) in [5, 5.41) is 2.61. The maximum absolute atomic E-state index is 13.0. The number of aliphatic imine (C=N–C) groups is 1. The van der Waals surface area contributed by atoms with Gasteiger partial charge in [0.1, 0.15) is 0 Å². The van der Waals surface area contributed by atoms with Crippen LogP contribution in [0.2, 0.25) is 0 Å². The van der Waals surface area contributed by atoms with Crippen molar-refractivity contribution in [3.05, 3.63) is 60.3 Å². The standard InChI is InChI=1S/C21H20N6O3S/c1-14-11-12-27(13-22-14)21-20(24-18-5-3-4-6-19(18)25-21)26-31(29,30)17-9-7-16(8-10-17)23-15(2)28/h3-11,13H,12H2,1-2H3,(H,23,28)(H,24,26). The van der Waals surface area contributed by atoms with Gasteiger partial charge in [-0.2, -0.15) is 0 Å². The van der Waals surface area contributed by atoms with Crippen LogP contribution in [0, 0.1) is 0 Å². The lowest BCUT2D eigenvalue weighted by Crippen LogP contribution is -2.27. The molecule has 1 aromatic heterocycles. The third-order valence-electron chi connectivity index (χ3n) is 4.52. The number of rotatable bonds is 5. The van der Waals surface area contributed by atoms with E-state index in [1.54, 1.807) is 17.3 Å². The van der Waals surface area contributed by atoms with Crippen molar-refractivity contribution in [2.45, 2.75) is 18.7 Å². The average Bonchev–Trinajstić information content (AvgIpc) is 2.74. The monoisotopic (exact) mass is 436 g/mol. The van der Waals surface area contributed by atoms with E-state index in [1.165, 1.54) is 31.2 Å². The molecule has 0 atom stereocenters. The molecule has 0 radical (unpaired) electrons. The summed E-state index contributed by atoms with van der Waals surface area (Å²) >= 11 is 0. The van der Waals surface area contributed by atoms with Crippen molar-refractivity contribution in [2.24, 2.45) is 4.99 Å². The molecule has 1 amide bonds. The summed E-state index contributed by atoms with van der Waals surface area (Å²) in [6.45, 7) is 3.75. The second-order valence-corrected chi connectivity index (χ2v) is 8.62. The Bertz CT molecular complexity index is 1320. The fourth-order valence-corrected chi connectivity index (χ4v) is 4.00. The van der Waals surface area contributed by atoms with Gasteiger partial charge in [0.15, 0.2) is 11.6 Å². The first-order valence-corrected chi connectivity index (χ1v) is 10.9. The van der Waals surface area contributed by atoms with Crippen LogP contribution in [0.15, 0.2) is 70.2 Å². The molecule has 0 spiro atoms. The Morgan fingerprint density at radius 1 is 1.03 bits per heavy atom. The predicted octanol–water partition coefficient (Wildman–Crippen LogP) is 3.14. The van der Waals surface area contributed by atoms with Crippen molar-refractivity contribution in [3.8, 4) is 0 Å². The number of nitrogens with zero attached hydrogens (tertiary/aromatic N) is 4. The van der Waals surface area contributed by atoms with Crippen LogP contribution >= 0.6 is 0 Å². The molecule has 1 aliphatic heterocycles. The van der Waals surface area contributed by atoms with Crippen LogP contribution in [0.5, 0.6) is 0 Å². The molecule has 2 heterocycles. The Hall–Kier alpha value is -3.79. The van der Waals surface area contributed by atoms with E-state index in [4.69, 9.17) is 0 Å². The molecule has 0 saturated carbocycles. The highest BCUT2D eigenvalue weighted by Gasteiger charge is 2.22. The van der Waals surface area contributed by atoms with Crippen molar-refractivity contribution >= 4 is 50.6 Å².